The van der Waals surface area contributed by atoms with E-state index in [4.69, 9.17) is 0 Å². The van der Waals surface area contributed by atoms with Crippen molar-refractivity contribution in [3.8, 4) is 11.1 Å². The maximum atomic E-state index is 12.9. The third-order valence-electron chi connectivity index (χ3n) is 5.18. The Bertz CT molecular complexity index is 774. The van der Waals surface area contributed by atoms with Crippen molar-refractivity contribution in [2.75, 3.05) is 34.2 Å². The molecular formula is C22H30N4O. The first-order chi connectivity index (χ1) is 13.0. The van der Waals surface area contributed by atoms with Gasteiger partial charge in [-0.1, -0.05) is 30.7 Å². The molecule has 27 heavy (non-hydrogen) atoms. The summed E-state index contributed by atoms with van der Waals surface area (Å²) >= 11 is 0. The maximum absolute atomic E-state index is 12.9. The normalized spacial score (nSPS) is 17.9. The van der Waals surface area contributed by atoms with Crippen LogP contribution in [0.1, 0.15) is 35.3 Å². The van der Waals surface area contributed by atoms with Gasteiger partial charge in [0.1, 0.15) is 5.69 Å². The zero-order chi connectivity index (χ0) is 19.2. The van der Waals surface area contributed by atoms with E-state index < -0.39 is 0 Å². The van der Waals surface area contributed by atoms with Crippen molar-refractivity contribution in [3.63, 3.8) is 0 Å². The van der Waals surface area contributed by atoms with Crippen LogP contribution in [-0.4, -0.2) is 61.0 Å². The fourth-order valence-corrected chi connectivity index (χ4v) is 3.72. The lowest BCUT2D eigenvalue weighted by molar-refractivity contribution is 0.0924. The minimum atomic E-state index is -0.0948. The highest BCUT2D eigenvalue weighted by Gasteiger charge is 2.21. The van der Waals surface area contributed by atoms with Crippen LogP contribution in [0.5, 0.6) is 0 Å². The van der Waals surface area contributed by atoms with Crippen molar-refractivity contribution in [1.82, 2.24) is 20.1 Å². The van der Waals surface area contributed by atoms with Crippen LogP contribution in [0.2, 0.25) is 0 Å². The molecule has 1 aromatic heterocycles. The molecule has 0 unspecified atom stereocenters. The van der Waals surface area contributed by atoms with Gasteiger partial charge in [-0.15, -0.1) is 0 Å². The van der Waals surface area contributed by atoms with E-state index in [1.165, 1.54) is 18.4 Å². The SMILES string of the molecule is CN(C)Cc1cccc(-c2cccnc2C(=O)NC[C@H]2CCCCN2C)c1. The van der Waals surface area contributed by atoms with E-state index in [9.17, 15) is 4.79 Å². The molecular weight excluding hydrogens is 336 g/mol. The summed E-state index contributed by atoms with van der Waals surface area (Å²) in [6, 6.07) is 12.6. The molecule has 0 radical (unpaired) electrons. The molecule has 1 saturated heterocycles. The number of nitrogens with zero attached hydrogens (tertiary/aromatic N) is 3. The molecule has 1 aliphatic rings. The highest BCUT2D eigenvalue weighted by atomic mass is 16.1. The van der Waals surface area contributed by atoms with Gasteiger partial charge in [-0.2, -0.15) is 0 Å². The Balaban J connectivity index is 1.76. The van der Waals surface area contributed by atoms with Crippen molar-refractivity contribution in [3.05, 3.63) is 53.9 Å². The predicted molar refractivity (Wildman–Crippen MR) is 110 cm³/mol. The number of carbonyl (C=O) groups excluding carboxylic acids is 1. The van der Waals surface area contributed by atoms with Crippen molar-refractivity contribution in [2.45, 2.75) is 31.8 Å². The fourth-order valence-electron chi connectivity index (χ4n) is 3.72. The van der Waals surface area contributed by atoms with Crippen LogP contribution in [-0.2, 0) is 6.54 Å². The second kappa shape index (κ2) is 9.11. The van der Waals surface area contributed by atoms with E-state index in [0.29, 0.717) is 18.3 Å². The Morgan fingerprint density at radius 2 is 2.11 bits per heavy atom. The summed E-state index contributed by atoms with van der Waals surface area (Å²) < 4.78 is 0. The first kappa shape index (κ1) is 19.5. The molecule has 1 atom stereocenters. The van der Waals surface area contributed by atoms with Crippen LogP contribution in [0.25, 0.3) is 11.1 Å². The second-order valence-electron chi connectivity index (χ2n) is 7.68. The molecule has 2 heterocycles. The number of nitrogens with one attached hydrogen (secondary N) is 1. The number of rotatable bonds is 6. The Kier molecular flexibility index (Phi) is 6.58. The molecule has 1 N–H and O–H groups in total. The van der Waals surface area contributed by atoms with Gasteiger partial charge < -0.3 is 15.1 Å². The number of aromatic nitrogens is 1. The average Bonchev–Trinajstić information content (AvgIpc) is 2.67. The summed E-state index contributed by atoms with van der Waals surface area (Å²) in [6.07, 6.45) is 5.31. The van der Waals surface area contributed by atoms with Crippen molar-refractivity contribution in [1.29, 1.82) is 0 Å². The number of amides is 1. The minimum absolute atomic E-state index is 0.0948. The summed E-state index contributed by atoms with van der Waals surface area (Å²) in [5.41, 5.74) is 3.63. The van der Waals surface area contributed by atoms with Crippen LogP contribution in [0, 0.1) is 0 Å². The number of hydrogen-bond acceptors (Lipinski definition) is 4. The van der Waals surface area contributed by atoms with Gasteiger partial charge >= 0.3 is 0 Å². The second-order valence-corrected chi connectivity index (χ2v) is 7.68. The van der Waals surface area contributed by atoms with E-state index >= 15 is 0 Å². The third-order valence-corrected chi connectivity index (χ3v) is 5.18. The highest BCUT2D eigenvalue weighted by Crippen LogP contribution is 2.24. The highest BCUT2D eigenvalue weighted by molar-refractivity contribution is 5.98. The molecule has 2 aromatic rings. The van der Waals surface area contributed by atoms with Gasteiger partial charge in [0.2, 0.25) is 0 Å². The van der Waals surface area contributed by atoms with Gasteiger partial charge in [0.05, 0.1) is 0 Å². The van der Waals surface area contributed by atoms with E-state index in [1.54, 1.807) is 6.20 Å². The molecule has 1 aliphatic heterocycles. The lowest BCUT2D eigenvalue weighted by atomic mass is 10.0. The Labute approximate surface area is 162 Å². The lowest BCUT2D eigenvalue weighted by Gasteiger charge is -2.32. The van der Waals surface area contributed by atoms with Crippen LogP contribution < -0.4 is 5.32 Å². The summed E-state index contributed by atoms with van der Waals surface area (Å²) in [4.78, 5) is 21.7. The van der Waals surface area contributed by atoms with Crippen molar-refractivity contribution in [2.24, 2.45) is 0 Å². The number of pyridine rings is 1. The van der Waals surface area contributed by atoms with Gasteiger partial charge in [-0.25, -0.2) is 0 Å². The van der Waals surface area contributed by atoms with Gasteiger partial charge in [0.15, 0.2) is 0 Å². The first-order valence-electron chi connectivity index (χ1n) is 9.72. The Hall–Kier alpha value is -2.24. The van der Waals surface area contributed by atoms with E-state index in [0.717, 1.165) is 30.6 Å². The molecule has 1 amide bonds. The number of benzene rings is 1. The van der Waals surface area contributed by atoms with Crippen LogP contribution >= 0.6 is 0 Å². The third kappa shape index (κ3) is 5.15. The van der Waals surface area contributed by atoms with E-state index in [2.05, 4.69) is 53.4 Å². The maximum Gasteiger partial charge on any atom is 0.270 e. The van der Waals surface area contributed by atoms with Crippen LogP contribution in [0.15, 0.2) is 42.6 Å². The first-order valence-corrected chi connectivity index (χ1v) is 9.72. The standard InChI is InChI=1S/C22H30N4O/c1-25(2)16-17-8-6-9-18(14-17)20-11-7-12-23-21(20)22(27)24-15-19-10-4-5-13-26(19)3/h6-9,11-12,14,19H,4-5,10,13,15-16H2,1-3H3,(H,24,27)/t19-/m1/s1. The van der Waals surface area contributed by atoms with Crippen molar-refractivity contribution >= 4 is 5.91 Å². The number of piperidine rings is 1. The Morgan fingerprint density at radius 3 is 2.89 bits per heavy atom. The van der Waals surface area contributed by atoms with Gasteiger partial charge in [0, 0.05) is 30.9 Å². The smallest absolute Gasteiger partial charge is 0.270 e. The molecule has 1 aromatic carbocycles. The molecule has 3 rings (SSSR count). The molecule has 0 aliphatic carbocycles. The molecule has 0 bridgehead atoms. The molecule has 1 fully saturated rings. The van der Waals surface area contributed by atoms with Gasteiger partial charge in [0.25, 0.3) is 5.91 Å². The summed E-state index contributed by atoms with van der Waals surface area (Å²) in [5, 5.41) is 3.10. The summed E-state index contributed by atoms with van der Waals surface area (Å²) in [7, 11) is 6.24. The molecule has 0 spiro atoms. The topological polar surface area (TPSA) is 48.5 Å². The average molecular weight is 367 g/mol. The van der Waals surface area contributed by atoms with Gasteiger partial charge in [-0.05, 0) is 63.8 Å². The Morgan fingerprint density at radius 1 is 1.26 bits per heavy atom. The van der Waals surface area contributed by atoms with E-state index in [-0.39, 0.29) is 5.91 Å². The lowest BCUT2D eigenvalue weighted by Crippen LogP contribution is -2.44. The summed E-state index contributed by atoms with van der Waals surface area (Å²) in [6.45, 7) is 2.64. The summed E-state index contributed by atoms with van der Waals surface area (Å²) in [5.74, 6) is -0.0948. The molecule has 0 saturated carbocycles. The monoisotopic (exact) mass is 366 g/mol. The van der Waals surface area contributed by atoms with Crippen molar-refractivity contribution < 1.29 is 4.79 Å². The quantitative estimate of drug-likeness (QED) is 0.854. The van der Waals surface area contributed by atoms with E-state index in [1.807, 2.05) is 24.3 Å². The minimum Gasteiger partial charge on any atom is -0.349 e. The predicted octanol–water partition coefficient (Wildman–Crippen LogP) is 3.02. The number of likely N-dealkylation sites (N-methyl/N-ethyl adjacent to an activating group) is 1. The number of carbonyl (C=O) groups is 1. The van der Waals surface area contributed by atoms with Gasteiger partial charge in [-0.3, -0.25) is 9.78 Å². The fraction of sp³-hybridized carbons (Fsp3) is 0.455. The molecule has 5 heteroatoms. The molecule has 144 valence electrons. The zero-order valence-electron chi connectivity index (χ0n) is 16.6. The number of hydrogen-bond donors (Lipinski definition) is 1. The van der Waals surface area contributed by atoms with Crippen LogP contribution in [0.4, 0.5) is 0 Å². The zero-order valence-corrected chi connectivity index (χ0v) is 16.6. The van der Waals surface area contributed by atoms with Crippen LogP contribution in [0.3, 0.4) is 0 Å². The number of likely N-dealkylation sites (tertiary alicyclic amines) is 1. The molecule has 5 nitrogen and oxygen atoms in total. The largest absolute Gasteiger partial charge is 0.349 e.